The summed E-state index contributed by atoms with van der Waals surface area (Å²) in [6.07, 6.45) is -0.124. The maximum Gasteiger partial charge on any atom is 0.215 e. The van der Waals surface area contributed by atoms with Crippen LogP contribution in [0.5, 0.6) is 5.75 Å². The molecule has 2 heterocycles. The average Bonchev–Trinajstić information content (AvgIpc) is 3.16. The van der Waals surface area contributed by atoms with Crippen LogP contribution in [0.4, 0.5) is 8.78 Å². The van der Waals surface area contributed by atoms with Crippen molar-refractivity contribution >= 4 is 28.9 Å². The van der Waals surface area contributed by atoms with Crippen molar-refractivity contribution in [2.45, 2.75) is 18.7 Å². The number of ether oxygens (including phenoxy) is 1. The maximum absolute atomic E-state index is 14.0. The fraction of sp³-hybridized carbons (Fsp3) is 0.136. The van der Waals surface area contributed by atoms with Gasteiger partial charge >= 0.3 is 0 Å². The second-order valence-electron chi connectivity index (χ2n) is 6.97. The number of fused-ring (bicyclic) bond motifs is 3. The molecule has 3 aromatic carbocycles. The van der Waals surface area contributed by atoms with Crippen LogP contribution < -0.4 is 4.74 Å². The second-order valence-corrected chi connectivity index (χ2v) is 7.82. The van der Waals surface area contributed by atoms with E-state index in [-0.39, 0.29) is 11.9 Å². The highest BCUT2D eigenvalue weighted by Gasteiger charge is 2.41. The van der Waals surface area contributed by atoms with E-state index < -0.39 is 12.0 Å². The van der Waals surface area contributed by atoms with Crippen molar-refractivity contribution in [2.24, 2.45) is 5.10 Å². The average molecular weight is 431 g/mol. The summed E-state index contributed by atoms with van der Waals surface area (Å²) in [5.74, 6) is -0.0696. The molecule has 0 aliphatic carbocycles. The monoisotopic (exact) mass is 430 g/mol. The van der Waals surface area contributed by atoms with Gasteiger partial charge in [0.2, 0.25) is 6.23 Å². The summed E-state index contributed by atoms with van der Waals surface area (Å²) < 4.78 is 33.5. The normalized spacial score (nSPS) is 20.0. The van der Waals surface area contributed by atoms with Crippen LogP contribution in [0.3, 0.4) is 0 Å². The summed E-state index contributed by atoms with van der Waals surface area (Å²) in [6, 6.07) is 15.6. The molecule has 0 saturated heterocycles. The van der Waals surface area contributed by atoms with E-state index in [2.05, 4.69) is 0 Å². The van der Waals surface area contributed by atoms with Crippen LogP contribution in [0.1, 0.15) is 35.4 Å². The van der Waals surface area contributed by atoms with Crippen molar-refractivity contribution in [2.75, 3.05) is 0 Å². The van der Waals surface area contributed by atoms with Gasteiger partial charge in [-0.3, -0.25) is 0 Å². The molecule has 3 nitrogen and oxygen atoms in total. The molecule has 2 aliphatic rings. The van der Waals surface area contributed by atoms with Crippen molar-refractivity contribution < 1.29 is 13.5 Å². The first-order valence-corrected chi connectivity index (χ1v) is 9.78. The zero-order valence-electron chi connectivity index (χ0n) is 14.9. The molecular weight excluding hydrogens is 417 g/mol. The molecule has 7 heteroatoms. The molecule has 29 heavy (non-hydrogen) atoms. The third-order valence-corrected chi connectivity index (χ3v) is 5.73. The lowest BCUT2D eigenvalue weighted by atomic mass is 9.96. The molecule has 0 saturated carbocycles. The molecule has 0 aromatic heterocycles. The van der Waals surface area contributed by atoms with Crippen molar-refractivity contribution in [3.63, 3.8) is 0 Å². The van der Waals surface area contributed by atoms with Crippen LogP contribution in [0.25, 0.3) is 0 Å². The van der Waals surface area contributed by atoms with Gasteiger partial charge in [0, 0.05) is 27.6 Å². The summed E-state index contributed by atoms with van der Waals surface area (Å²) in [5, 5.41) is 7.50. The SMILES string of the molecule is Fc1ccc(C2=NN3[C@@H](c4cc(F)ccc4Cl)Oc4ccc(Cl)cc4[C@@H]3C2)cc1. The Morgan fingerprint density at radius 3 is 2.45 bits per heavy atom. The number of benzene rings is 3. The van der Waals surface area contributed by atoms with E-state index in [4.69, 9.17) is 33.0 Å². The third-order valence-electron chi connectivity index (χ3n) is 5.15. The minimum absolute atomic E-state index is 0.165. The quantitative estimate of drug-likeness (QED) is 0.462. The molecule has 0 N–H and O–H groups in total. The van der Waals surface area contributed by atoms with Gasteiger partial charge < -0.3 is 4.74 Å². The van der Waals surface area contributed by atoms with Crippen molar-refractivity contribution in [1.29, 1.82) is 0 Å². The summed E-state index contributed by atoms with van der Waals surface area (Å²) >= 11 is 12.6. The van der Waals surface area contributed by atoms with E-state index in [9.17, 15) is 8.78 Å². The van der Waals surface area contributed by atoms with Crippen LogP contribution in [-0.2, 0) is 0 Å². The molecule has 0 radical (unpaired) electrons. The van der Waals surface area contributed by atoms with Gasteiger partial charge in [-0.25, -0.2) is 13.8 Å². The second kappa shape index (κ2) is 7.01. The van der Waals surface area contributed by atoms with Crippen molar-refractivity contribution in [1.82, 2.24) is 5.01 Å². The molecular formula is C22H14Cl2F2N2O. The predicted octanol–water partition coefficient (Wildman–Crippen LogP) is 6.51. The van der Waals surface area contributed by atoms with Gasteiger partial charge in [0.25, 0.3) is 0 Å². The van der Waals surface area contributed by atoms with Gasteiger partial charge in [0.05, 0.1) is 11.8 Å². The lowest BCUT2D eigenvalue weighted by molar-refractivity contribution is -0.0191. The van der Waals surface area contributed by atoms with E-state index in [0.29, 0.717) is 27.8 Å². The minimum atomic E-state index is -0.699. The smallest absolute Gasteiger partial charge is 0.215 e. The van der Waals surface area contributed by atoms with Gasteiger partial charge in [-0.05, 0) is 54.1 Å². The van der Waals surface area contributed by atoms with E-state index in [1.165, 1.54) is 30.3 Å². The summed E-state index contributed by atoms with van der Waals surface area (Å²) in [7, 11) is 0. The Morgan fingerprint density at radius 2 is 1.66 bits per heavy atom. The van der Waals surface area contributed by atoms with Crippen molar-refractivity contribution in [3.8, 4) is 5.75 Å². The van der Waals surface area contributed by atoms with Crippen LogP contribution in [0, 0.1) is 11.6 Å². The van der Waals surface area contributed by atoms with Crippen LogP contribution in [0.2, 0.25) is 10.0 Å². The molecule has 5 rings (SSSR count). The zero-order chi connectivity index (χ0) is 20.1. The number of rotatable bonds is 2. The minimum Gasteiger partial charge on any atom is -0.464 e. The van der Waals surface area contributed by atoms with Gasteiger partial charge in [0.1, 0.15) is 17.4 Å². The lowest BCUT2D eigenvalue weighted by Crippen LogP contribution is -2.34. The standard InChI is InChI=1S/C22H14Cl2F2N2O/c23-13-3-8-21-17(9-13)20-11-19(12-1-4-14(25)5-2-12)27-28(20)22(29-21)16-10-15(26)6-7-18(16)24/h1-10,20,22H,11H2/t20-,22+/m0/s1. The number of halogens is 4. The Morgan fingerprint density at radius 1 is 0.897 bits per heavy atom. The topological polar surface area (TPSA) is 24.8 Å². The first-order chi connectivity index (χ1) is 14.0. The highest BCUT2D eigenvalue weighted by Crippen LogP contribution is 2.49. The number of hydrogen-bond acceptors (Lipinski definition) is 3. The summed E-state index contributed by atoms with van der Waals surface area (Å²) in [5.41, 5.74) is 2.97. The molecule has 3 aromatic rings. The molecule has 0 amide bonds. The Kier molecular flexibility index (Phi) is 4.45. The fourth-order valence-corrected chi connectivity index (χ4v) is 4.18. The maximum atomic E-state index is 14.0. The van der Waals surface area contributed by atoms with Gasteiger partial charge in [-0.15, -0.1) is 0 Å². The molecule has 0 spiro atoms. The molecule has 0 bridgehead atoms. The fourth-order valence-electron chi connectivity index (χ4n) is 3.78. The van der Waals surface area contributed by atoms with Gasteiger partial charge in [0.15, 0.2) is 0 Å². The highest BCUT2D eigenvalue weighted by molar-refractivity contribution is 6.31. The van der Waals surface area contributed by atoms with E-state index >= 15 is 0 Å². The molecule has 2 aliphatic heterocycles. The Labute approximate surface area is 176 Å². The Bertz CT molecular complexity index is 1130. The molecule has 0 fully saturated rings. The number of nitrogens with zero attached hydrogens (tertiary/aromatic N) is 2. The molecule has 0 unspecified atom stereocenters. The Balaban J connectivity index is 1.63. The Hall–Kier alpha value is -2.63. The third kappa shape index (κ3) is 3.24. The number of hydrogen-bond donors (Lipinski definition) is 0. The van der Waals surface area contributed by atoms with Crippen molar-refractivity contribution in [3.05, 3.63) is 99.0 Å². The van der Waals surface area contributed by atoms with Crippen LogP contribution >= 0.6 is 23.2 Å². The molecule has 146 valence electrons. The van der Waals surface area contributed by atoms with E-state index in [1.54, 1.807) is 29.3 Å². The van der Waals surface area contributed by atoms with E-state index in [1.807, 2.05) is 6.07 Å². The summed E-state index contributed by atoms with van der Waals surface area (Å²) in [4.78, 5) is 0. The van der Waals surface area contributed by atoms with Crippen LogP contribution in [0.15, 0.2) is 65.8 Å². The van der Waals surface area contributed by atoms with Crippen LogP contribution in [-0.4, -0.2) is 10.7 Å². The molecule has 2 atom stereocenters. The predicted molar refractivity (Wildman–Crippen MR) is 108 cm³/mol. The lowest BCUT2D eigenvalue weighted by Gasteiger charge is -2.38. The zero-order valence-corrected chi connectivity index (χ0v) is 16.5. The largest absolute Gasteiger partial charge is 0.464 e. The van der Waals surface area contributed by atoms with Gasteiger partial charge in [-0.1, -0.05) is 35.3 Å². The summed E-state index contributed by atoms with van der Waals surface area (Å²) in [6.45, 7) is 0. The first-order valence-electron chi connectivity index (χ1n) is 9.02. The first kappa shape index (κ1) is 18.4. The number of hydrazone groups is 1. The highest BCUT2D eigenvalue weighted by atomic mass is 35.5. The van der Waals surface area contributed by atoms with E-state index in [0.717, 1.165) is 16.8 Å². The van der Waals surface area contributed by atoms with Gasteiger partial charge in [-0.2, -0.15) is 5.10 Å².